The highest BCUT2D eigenvalue weighted by atomic mass is 79.9. The van der Waals surface area contributed by atoms with Crippen molar-refractivity contribution in [1.29, 1.82) is 0 Å². The third kappa shape index (κ3) is 1.31. The van der Waals surface area contributed by atoms with E-state index in [-0.39, 0.29) is 4.83 Å². The average Bonchev–Trinajstić information content (AvgIpc) is 1.77. The van der Waals surface area contributed by atoms with Gasteiger partial charge in [0.1, 0.15) is 5.78 Å². The zero-order valence-corrected chi connectivity index (χ0v) is 6.28. The van der Waals surface area contributed by atoms with Crippen molar-refractivity contribution in [2.24, 2.45) is 0 Å². The van der Waals surface area contributed by atoms with E-state index in [1.54, 1.807) is 0 Å². The Morgan fingerprint density at radius 1 is 1.50 bits per heavy atom. The van der Waals surface area contributed by atoms with E-state index in [1.807, 2.05) is 0 Å². The predicted molar refractivity (Wildman–Crippen MR) is 36.2 cm³/mol. The summed E-state index contributed by atoms with van der Waals surface area (Å²) in [7, 11) is 0. The van der Waals surface area contributed by atoms with Gasteiger partial charge in [0.05, 0.1) is 4.83 Å². The number of rotatable bonds is 0. The van der Waals surface area contributed by atoms with Gasteiger partial charge in [0.25, 0.3) is 0 Å². The molecule has 0 aromatic rings. The highest BCUT2D eigenvalue weighted by molar-refractivity contribution is 9.10. The topological polar surface area (TPSA) is 17.1 Å². The standard InChI is InChI=1S/C6H9BrO/c7-5-3-1-2-4-6(5)8/h5H,1-4H2/t5-/m0/s1. The van der Waals surface area contributed by atoms with Crippen molar-refractivity contribution >= 4 is 21.7 Å². The highest BCUT2D eigenvalue weighted by Crippen LogP contribution is 2.20. The van der Waals surface area contributed by atoms with Gasteiger partial charge in [-0.2, -0.15) is 0 Å². The minimum absolute atomic E-state index is 0.177. The second kappa shape index (κ2) is 2.62. The number of carbonyl (C=O) groups excluding carboxylic acids is 1. The van der Waals surface area contributed by atoms with Crippen LogP contribution in [-0.2, 0) is 4.79 Å². The lowest BCUT2D eigenvalue weighted by Gasteiger charge is -2.13. The summed E-state index contributed by atoms with van der Waals surface area (Å²) in [5.74, 6) is 0.385. The summed E-state index contributed by atoms with van der Waals surface area (Å²) in [6.45, 7) is 0. The molecule has 1 rings (SSSR count). The van der Waals surface area contributed by atoms with E-state index in [0.29, 0.717) is 5.78 Å². The number of carbonyl (C=O) groups is 1. The van der Waals surface area contributed by atoms with E-state index in [0.717, 1.165) is 19.3 Å². The third-order valence-corrected chi connectivity index (χ3v) is 2.45. The zero-order chi connectivity index (χ0) is 5.98. The Morgan fingerprint density at radius 2 is 2.25 bits per heavy atom. The first-order valence-electron chi connectivity index (χ1n) is 2.97. The molecule has 0 radical (unpaired) electrons. The van der Waals surface area contributed by atoms with Crippen LogP contribution >= 0.6 is 15.9 Å². The van der Waals surface area contributed by atoms with Gasteiger partial charge < -0.3 is 0 Å². The number of alkyl halides is 1. The SMILES string of the molecule is O=C1CCCC[C@@H]1Br. The fourth-order valence-electron chi connectivity index (χ4n) is 0.940. The van der Waals surface area contributed by atoms with Gasteiger partial charge >= 0.3 is 0 Å². The largest absolute Gasteiger partial charge is 0.298 e. The molecule has 0 aromatic heterocycles. The van der Waals surface area contributed by atoms with Crippen LogP contribution in [0.4, 0.5) is 0 Å². The summed E-state index contributed by atoms with van der Waals surface area (Å²) in [4.78, 5) is 10.9. The Hall–Kier alpha value is 0.150. The Kier molecular flexibility index (Phi) is 2.06. The first kappa shape index (κ1) is 6.27. The van der Waals surface area contributed by atoms with Crippen LogP contribution in [0.25, 0.3) is 0 Å². The van der Waals surface area contributed by atoms with Crippen LogP contribution < -0.4 is 0 Å². The van der Waals surface area contributed by atoms with Gasteiger partial charge in [-0.05, 0) is 12.8 Å². The van der Waals surface area contributed by atoms with Crippen molar-refractivity contribution in [2.45, 2.75) is 30.5 Å². The van der Waals surface area contributed by atoms with Crippen molar-refractivity contribution in [2.75, 3.05) is 0 Å². The molecule has 1 fully saturated rings. The Morgan fingerprint density at radius 3 is 2.62 bits per heavy atom. The van der Waals surface area contributed by atoms with Crippen molar-refractivity contribution in [3.63, 3.8) is 0 Å². The van der Waals surface area contributed by atoms with E-state index in [1.165, 1.54) is 6.42 Å². The monoisotopic (exact) mass is 176 g/mol. The molecule has 8 heavy (non-hydrogen) atoms. The normalized spacial score (nSPS) is 30.6. The molecule has 0 heterocycles. The molecule has 1 nitrogen and oxygen atoms in total. The Labute approximate surface area is 57.6 Å². The summed E-state index contributed by atoms with van der Waals surface area (Å²) < 4.78 is 0. The molecule has 0 aliphatic heterocycles. The van der Waals surface area contributed by atoms with Gasteiger partial charge in [-0.1, -0.05) is 22.4 Å². The van der Waals surface area contributed by atoms with E-state index in [2.05, 4.69) is 15.9 Å². The summed E-state index contributed by atoms with van der Waals surface area (Å²) in [6, 6.07) is 0. The molecule has 2 heteroatoms. The molecule has 0 saturated heterocycles. The number of hydrogen-bond acceptors (Lipinski definition) is 1. The lowest BCUT2D eigenvalue weighted by molar-refractivity contribution is -0.119. The van der Waals surface area contributed by atoms with E-state index < -0.39 is 0 Å². The first-order valence-corrected chi connectivity index (χ1v) is 3.89. The fourth-order valence-corrected chi connectivity index (χ4v) is 1.49. The van der Waals surface area contributed by atoms with Crippen LogP contribution in [0.3, 0.4) is 0 Å². The maximum absolute atomic E-state index is 10.7. The molecule has 0 spiro atoms. The second-order valence-corrected chi connectivity index (χ2v) is 3.28. The molecule has 0 bridgehead atoms. The van der Waals surface area contributed by atoms with Crippen LogP contribution in [-0.4, -0.2) is 10.6 Å². The van der Waals surface area contributed by atoms with Gasteiger partial charge in [-0.3, -0.25) is 4.79 Å². The quantitative estimate of drug-likeness (QED) is 0.516. The number of Topliss-reactive ketones (excluding diaryl/α,β-unsaturated/α-hetero) is 1. The predicted octanol–water partition coefficient (Wildman–Crippen LogP) is 1.89. The highest BCUT2D eigenvalue weighted by Gasteiger charge is 2.17. The van der Waals surface area contributed by atoms with Crippen LogP contribution in [0.2, 0.25) is 0 Å². The van der Waals surface area contributed by atoms with Crippen molar-refractivity contribution in [3.8, 4) is 0 Å². The molecule has 46 valence electrons. The van der Waals surface area contributed by atoms with Gasteiger partial charge in [0, 0.05) is 6.42 Å². The molecule has 0 amide bonds. The smallest absolute Gasteiger partial charge is 0.146 e. The average molecular weight is 177 g/mol. The number of hydrogen-bond donors (Lipinski definition) is 0. The molecule has 1 aliphatic carbocycles. The molecule has 1 atom stereocenters. The molecule has 1 saturated carbocycles. The minimum atomic E-state index is 0.177. The van der Waals surface area contributed by atoms with Gasteiger partial charge in [-0.15, -0.1) is 0 Å². The van der Waals surface area contributed by atoms with Crippen LogP contribution in [0.5, 0.6) is 0 Å². The zero-order valence-electron chi connectivity index (χ0n) is 4.69. The minimum Gasteiger partial charge on any atom is -0.298 e. The second-order valence-electron chi connectivity index (χ2n) is 2.18. The lowest BCUT2D eigenvalue weighted by Crippen LogP contribution is -2.17. The maximum Gasteiger partial charge on any atom is 0.146 e. The Bertz CT molecular complexity index is 101. The van der Waals surface area contributed by atoms with Crippen LogP contribution in [0.15, 0.2) is 0 Å². The van der Waals surface area contributed by atoms with Gasteiger partial charge in [-0.25, -0.2) is 0 Å². The summed E-state index contributed by atoms with van der Waals surface area (Å²) in [5, 5.41) is 0. The number of ketones is 1. The lowest BCUT2D eigenvalue weighted by atomic mass is 10.00. The summed E-state index contributed by atoms with van der Waals surface area (Å²) in [5.41, 5.74) is 0. The molecular weight excluding hydrogens is 168 g/mol. The summed E-state index contributed by atoms with van der Waals surface area (Å²) >= 11 is 3.30. The van der Waals surface area contributed by atoms with Crippen LogP contribution in [0, 0.1) is 0 Å². The molecule has 0 aromatic carbocycles. The van der Waals surface area contributed by atoms with E-state index in [4.69, 9.17) is 0 Å². The Balaban J connectivity index is 2.39. The third-order valence-electron chi connectivity index (χ3n) is 1.48. The molecule has 1 aliphatic rings. The number of halogens is 1. The van der Waals surface area contributed by atoms with Crippen LogP contribution in [0.1, 0.15) is 25.7 Å². The van der Waals surface area contributed by atoms with Crippen molar-refractivity contribution < 1.29 is 4.79 Å². The van der Waals surface area contributed by atoms with Gasteiger partial charge in [0.15, 0.2) is 0 Å². The molecule has 0 unspecified atom stereocenters. The van der Waals surface area contributed by atoms with Crippen molar-refractivity contribution in [3.05, 3.63) is 0 Å². The van der Waals surface area contributed by atoms with E-state index in [9.17, 15) is 4.79 Å². The molecule has 0 N–H and O–H groups in total. The van der Waals surface area contributed by atoms with Gasteiger partial charge in [0.2, 0.25) is 0 Å². The molecular formula is C6H9BrO. The fraction of sp³-hybridized carbons (Fsp3) is 0.833. The summed E-state index contributed by atoms with van der Waals surface area (Å²) in [6.07, 6.45) is 4.14. The van der Waals surface area contributed by atoms with E-state index >= 15 is 0 Å². The first-order chi connectivity index (χ1) is 3.80. The maximum atomic E-state index is 10.7. The van der Waals surface area contributed by atoms with Crippen molar-refractivity contribution in [1.82, 2.24) is 0 Å².